The molecule has 1 aliphatic heterocycles. The highest BCUT2D eigenvalue weighted by atomic mass is 16.6. The zero-order valence-electron chi connectivity index (χ0n) is 14.3. The van der Waals surface area contributed by atoms with Gasteiger partial charge in [0.25, 0.3) is 0 Å². The highest BCUT2D eigenvalue weighted by Crippen LogP contribution is 2.17. The first-order valence-electron chi connectivity index (χ1n) is 9.13. The Hall–Kier alpha value is -1.30. The number of nitrogens with zero attached hydrogens (tertiary/aromatic N) is 1. The van der Waals surface area contributed by atoms with Crippen LogP contribution < -0.4 is 10.6 Å². The number of piperidine rings is 1. The minimum absolute atomic E-state index is 0.0730. The molecule has 23 heavy (non-hydrogen) atoms. The molecule has 0 bridgehead atoms. The van der Waals surface area contributed by atoms with E-state index in [1.807, 2.05) is 6.92 Å². The number of likely N-dealkylation sites (tertiary alicyclic amines) is 1. The van der Waals surface area contributed by atoms with E-state index in [-0.39, 0.29) is 18.0 Å². The fourth-order valence-electron chi connectivity index (χ4n) is 3.42. The SMILES string of the molecule is CCOC(=O)N1CCC(NC(=O)CNC2CCCCCC2)CC1. The van der Waals surface area contributed by atoms with Crippen molar-refractivity contribution in [3.8, 4) is 0 Å². The van der Waals surface area contributed by atoms with Crippen LogP contribution in [0, 0.1) is 0 Å². The van der Waals surface area contributed by atoms with Gasteiger partial charge in [-0.3, -0.25) is 4.79 Å². The monoisotopic (exact) mass is 325 g/mol. The Kier molecular flexibility index (Phi) is 7.65. The average Bonchev–Trinajstić information content (AvgIpc) is 2.82. The van der Waals surface area contributed by atoms with Crippen molar-refractivity contribution in [2.45, 2.75) is 70.4 Å². The summed E-state index contributed by atoms with van der Waals surface area (Å²) in [6.07, 6.45) is 8.91. The van der Waals surface area contributed by atoms with E-state index >= 15 is 0 Å². The van der Waals surface area contributed by atoms with Crippen molar-refractivity contribution in [2.24, 2.45) is 0 Å². The van der Waals surface area contributed by atoms with Gasteiger partial charge in [0.15, 0.2) is 0 Å². The van der Waals surface area contributed by atoms with E-state index in [2.05, 4.69) is 10.6 Å². The lowest BCUT2D eigenvalue weighted by molar-refractivity contribution is -0.121. The molecule has 1 saturated carbocycles. The van der Waals surface area contributed by atoms with Gasteiger partial charge >= 0.3 is 6.09 Å². The van der Waals surface area contributed by atoms with E-state index in [0.29, 0.717) is 32.3 Å². The molecular formula is C17H31N3O3. The molecule has 6 nitrogen and oxygen atoms in total. The van der Waals surface area contributed by atoms with Crippen molar-refractivity contribution in [1.29, 1.82) is 0 Å². The Labute approximate surface area is 139 Å². The lowest BCUT2D eigenvalue weighted by Gasteiger charge is -2.31. The van der Waals surface area contributed by atoms with E-state index in [9.17, 15) is 9.59 Å². The molecular weight excluding hydrogens is 294 g/mol. The molecule has 0 aromatic rings. The van der Waals surface area contributed by atoms with Crippen molar-refractivity contribution >= 4 is 12.0 Å². The van der Waals surface area contributed by atoms with Gasteiger partial charge in [0.2, 0.25) is 5.91 Å². The van der Waals surface area contributed by atoms with Crippen molar-refractivity contribution in [2.75, 3.05) is 26.2 Å². The molecule has 0 atom stereocenters. The smallest absolute Gasteiger partial charge is 0.409 e. The third-order valence-electron chi connectivity index (χ3n) is 4.79. The summed E-state index contributed by atoms with van der Waals surface area (Å²) in [4.78, 5) is 25.4. The molecule has 1 heterocycles. The van der Waals surface area contributed by atoms with E-state index < -0.39 is 0 Å². The van der Waals surface area contributed by atoms with E-state index in [1.54, 1.807) is 4.90 Å². The van der Waals surface area contributed by atoms with Gasteiger partial charge in [0.1, 0.15) is 0 Å². The number of hydrogen-bond donors (Lipinski definition) is 2. The molecule has 2 aliphatic rings. The van der Waals surface area contributed by atoms with Crippen LogP contribution in [-0.2, 0) is 9.53 Å². The maximum atomic E-state index is 12.1. The third-order valence-corrected chi connectivity index (χ3v) is 4.79. The van der Waals surface area contributed by atoms with Crippen LogP contribution in [0.4, 0.5) is 4.79 Å². The lowest BCUT2D eigenvalue weighted by atomic mass is 10.1. The number of carbonyl (C=O) groups excluding carboxylic acids is 2. The molecule has 1 saturated heterocycles. The second-order valence-corrected chi connectivity index (χ2v) is 6.60. The number of carbonyl (C=O) groups is 2. The van der Waals surface area contributed by atoms with Crippen molar-refractivity contribution in [3.05, 3.63) is 0 Å². The summed E-state index contributed by atoms with van der Waals surface area (Å²) in [7, 11) is 0. The largest absolute Gasteiger partial charge is 0.450 e. The highest BCUT2D eigenvalue weighted by Gasteiger charge is 2.24. The topological polar surface area (TPSA) is 70.7 Å². The van der Waals surface area contributed by atoms with Crippen LogP contribution >= 0.6 is 0 Å². The van der Waals surface area contributed by atoms with Gasteiger partial charge < -0.3 is 20.3 Å². The predicted molar refractivity (Wildman–Crippen MR) is 89.3 cm³/mol. The van der Waals surface area contributed by atoms with Crippen molar-refractivity contribution < 1.29 is 14.3 Å². The first kappa shape index (κ1) is 18.0. The second-order valence-electron chi connectivity index (χ2n) is 6.60. The number of nitrogens with one attached hydrogen (secondary N) is 2. The number of amides is 2. The molecule has 0 aromatic carbocycles. The average molecular weight is 325 g/mol. The summed E-state index contributed by atoms with van der Waals surface area (Å²) >= 11 is 0. The first-order chi connectivity index (χ1) is 11.2. The predicted octanol–water partition coefficient (Wildman–Crippen LogP) is 2.04. The summed E-state index contributed by atoms with van der Waals surface area (Å²) in [6.45, 7) is 3.93. The summed E-state index contributed by atoms with van der Waals surface area (Å²) in [6, 6.07) is 0.665. The van der Waals surface area contributed by atoms with Gasteiger partial charge in [-0.1, -0.05) is 25.7 Å². The number of ether oxygens (including phenoxy) is 1. The number of hydrogen-bond acceptors (Lipinski definition) is 4. The molecule has 0 radical (unpaired) electrons. The molecule has 2 rings (SSSR count). The van der Waals surface area contributed by atoms with Gasteiger partial charge in [0.05, 0.1) is 13.2 Å². The van der Waals surface area contributed by atoms with Gasteiger partial charge in [0, 0.05) is 25.2 Å². The molecule has 0 unspecified atom stereocenters. The molecule has 6 heteroatoms. The van der Waals surface area contributed by atoms with Crippen molar-refractivity contribution in [1.82, 2.24) is 15.5 Å². The van der Waals surface area contributed by atoms with Crippen molar-refractivity contribution in [3.63, 3.8) is 0 Å². The van der Waals surface area contributed by atoms with E-state index in [1.165, 1.54) is 38.5 Å². The number of rotatable bonds is 5. The summed E-state index contributed by atoms with van der Waals surface area (Å²) in [5.74, 6) is 0.0730. The standard InChI is InChI=1S/C17H31N3O3/c1-2-23-17(22)20-11-9-15(10-12-20)19-16(21)13-18-14-7-5-3-4-6-8-14/h14-15,18H,2-13H2,1H3,(H,19,21). The maximum Gasteiger partial charge on any atom is 0.409 e. The van der Waals surface area contributed by atoms with Crippen LogP contribution in [-0.4, -0.2) is 55.2 Å². The molecule has 132 valence electrons. The van der Waals surface area contributed by atoms with E-state index in [4.69, 9.17) is 4.74 Å². The van der Waals surface area contributed by atoms with Gasteiger partial charge in [-0.25, -0.2) is 4.79 Å². The molecule has 1 aliphatic carbocycles. The van der Waals surface area contributed by atoms with E-state index in [0.717, 1.165) is 12.8 Å². The summed E-state index contributed by atoms with van der Waals surface area (Å²) in [5, 5.41) is 6.48. The van der Waals surface area contributed by atoms with Crippen LogP contribution in [0.2, 0.25) is 0 Å². The maximum absolute atomic E-state index is 12.1. The van der Waals surface area contributed by atoms with Gasteiger partial charge in [-0.2, -0.15) is 0 Å². The Balaban J connectivity index is 1.61. The molecule has 2 N–H and O–H groups in total. The van der Waals surface area contributed by atoms with Crippen LogP contribution in [0.3, 0.4) is 0 Å². The Morgan fingerprint density at radius 3 is 2.26 bits per heavy atom. The highest BCUT2D eigenvalue weighted by molar-refractivity contribution is 5.78. The third kappa shape index (κ3) is 6.37. The molecule has 0 spiro atoms. The zero-order chi connectivity index (χ0) is 16.5. The second kappa shape index (κ2) is 9.75. The fraction of sp³-hybridized carbons (Fsp3) is 0.882. The van der Waals surface area contributed by atoms with Crippen LogP contribution in [0.5, 0.6) is 0 Å². The zero-order valence-corrected chi connectivity index (χ0v) is 14.3. The summed E-state index contributed by atoms with van der Waals surface area (Å²) in [5.41, 5.74) is 0. The minimum Gasteiger partial charge on any atom is -0.450 e. The minimum atomic E-state index is -0.243. The van der Waals surface area contributed by atoms with Crippen LogP contribution in [0.1, 0.15) is 58.3 Å². The van der Waals surface area contributed by atoms with Gasteiger partial charge in [-0.15, -0.1) is 0 Å². The normalized spacial score (nSPS) is 20.8. The first-order valence-corrected chi connectivity index (χ1v) is 9.13. The summed E-state index contributed by atoms with van der Waals surface area (Å²) < 4.78 is 5.00. The molecule has 0 aromatic heterocycles. The Morgan fingerprint density at radius 2 is 1.65 bits per heavy atom. The molecule has 2 fully saturated rings. The lowest BCUT2D eigenvalue weighted by Crippen LogP contribution is -2.49. The van der Waals surface area contributed by atoms with Gasteiger partial charge in [-0.05, 0) is 32.6 Å². The fourth-order valence-corrected chi connectivity index (χ4v) is 3.42. The Bertz CT molecular complexity index is 373. The quantitative estimate of drug-likeness (QED) is 0.759. The van der Waals surface area contributed by atoms with Crippen LogP contribution in [0.15, 0.2) is 0 Å². The van der Waals surface area contributed by atoms with Crippen LogP contribution in [0.25, 0.3) is 0 Å². The molecule has 2 amide bonds. The Morgan fingerprint density at radius 1 is 1.00 bits per heavy atom.